The van der Waals surface area contributed by atoms with Crippen LogP contribution >= 0.6 is 0 Å². The predicted octanol–water partition coefficient (Wildman–Crippen LogP) is 3.48. The van der Waals surface area contributed by atoms with E-state index in [0.29, 0.717) is 17.6 Å². The molecule has 6 nitrogen and oxygen atoms in total. The summed E-state index contributed by atoms with van der Waals surface area (Å²) in [4.78, 5) is 26.0. The molecule has 1 aliphatic heterocycles. The van der Waals surface area contributed by atoms with Gasteiger partial charge in [0.1, 0.15) is 0 Å². The van der Waals surface area contributed by atoms with Crippen LogP contribution in [-0.2, 0) is 0 Å². The van der Waals surface area contributed by atoms with Gasteiger partial charge in [0.2, 0.25) is 5.95 Å². The summed E-state index contributed by atoms with van der Waals surface area (Å²) in [7, 11) is 0. The average molecular weight is 394 g/mol. The first kappa shape index (κ1) is 19.7. The fourth-order valence-corrected chi connectivity index (χ4v) is 4.34. The molecule has 2 aliphatic rings. The van der Waals surface area contributed by atoms with E-state index in [1.807, 2.05) is 0 Å². The molecule has 0 spiro atoms. The van der Waals surface area contributed by atoms with Crippen molar-refractivity contribution < 1.29 is 4.79 Å². The summed E-state index contributed by atoms with van der Waals surface area (Å²) in [5.41, 5.74) is 4.55. The number of rotatable bonds is 4. The molecule has 1 aliphatic carbocycles. The van der Waals surface area contributed by atoms with E-state index in [4.69, 9.17) is 0 Å². The fourth-order valence-electron chi connectivity index (χ4n) is 4.34. The van der Waals surface area contributed by atoms with Crippen molar-refractivity contribution in [2.75, 3.05) is 36.0 Å². The number of carbonyl (C=O) groups is 1. The monoisotopic (exact) mass is 393 g/mol. The first-order valence-electron chi connectivity index (χ1n) is 10.8. The number of piperazine rings is 1. The van der Waals surface area contributed by atoms with Gasteiger partial charge in [0.25, 0.3) is 5.91 Å². The number of nitrogens with one attached hydrogen (secondary N) is 1. The molecular formula is C23H31N5O. The smallest absolute Gasteiger partial charge is 0.254 e. The molecule has 154 valence electrons. The SMILES string of the molecule is Cc1cccc(N2CCN(c3ncc(C(=O)NC4CCCCC4)cn3)CC2)c1C. The maximum absolute atomic E-state index is 12.4. The molecule has 29 heavy (non-hydrogen) atoms. The van der Waals surface area contributed by atoms with Crippen molar-refractivity contribution in [2.24, 2.45) is 0 Å². The summed E-state index contributed by atoms with van der Waals surface area (Å²) in [5.74, 6) is 0.656. The molecule has 0 atom stereocenters. The Labute approximate surface area is 173 Å². The highest BCUT2D eigenvalue weighted by atomic mass is 16.1. The van der Waals surface area contributed by atoms with Gasteiger partial charge in [-0.3, -0.25) is 4.79 Å². The van der Waals surface area contributed by atoms with Gasteiger partial charge in [-0.2, -0.15) is 0 Å². The van der Waals surface area contributed by atoms with Crippen LogP contribution in [0.15, 0.2) is 30.6 Å². The van der Waals surface area contributed by atoms with Gasteiger partial charge in [0.15, 0.2) is 0 Å². The van der Waals surface area contributed by atoms with Gasteiger partial charge in [-0.05, 0) is 43.9 Å². The number of aryl methyl sites for hydroxylation is 1. The molecule has 1 aromatic carbocycles. The second-order valence-electron chi connectivity index (χ2n) is 8.27. The van der Waals surface area contributed by atoms with Crippen LogP contribution in [0.3, 0.4) is 0 Å². The third kappa shape index (κ3) is 4.52. The summed E-state index contributed by atoms with van der Waals surface area (Å²) in [6.45, 7) is 7.99. The zero-order valence-electron chi connectivity index (χ0n) is 17.5. The molecule has 1 amide bonds. The number of hydrogen-bond donors (Lipinski definition) is 1. The number of anilines is 2. The third-order valence-electron chi connectivity index (χ3n) is 6.32. The van der Waals surface area contributed by atoms with Crippen LogP contribution in [0.4, 0.5) is 11.6 Å². The number of hydrogen-bond acceptors (Lipinski definition) is 5. The Bertz CT molecular complexity index is 837. The van der Waals surface area contributed by atoms with E-state index in [1.54, 1.807) is 12.4 Å². The lowest BCUT2D eigenvalue weighted by molar-refractivity contribution is 0.0927. The summed E-state index contributed by atoms with van der Waals surface area (Å²) >= 11 is 0. The molecule has 2 fully saturated rings. The molecule has 0 bridgehead atoms. The summed E-state index contributed by atoms with van der Waals surface area (Å²) in [6, 6.07) is 6.79. The van der Waals surface area contributed by atoms with Crippen LogP contribution < -0.4 is 15.1 Å². The fraction of sp³-hybridized carbons (Fsp3) is 0.522. The Balaban J connectivity index is 1.34. The first-order chi connectivity index (χ1) is 14.1. The van der Waals surface area contributed by atoms with Gasteiger partial charge in [-0.15, -0.1) is 0 Å². The second-order valence-corrected chi connectivity index (χ2v) is 8.27. The van der Waals surface area contributed by atoms with Crippen LogP contribution in [0, 0.1) is 13.8 Å². The molecule has 4 rings (SSSR count). The van der Waals surface area contributed by atoms with Gasteiger partial charge < -0.3 is 15.1 Å². The molecule has 0 radical (unpaired) electrons. The third-order valence-corrected chi connectivity index (χ3v) is 6.32. The molecule has 1 saturated heterocycles. The lowest BCUT2D eigenvalue weighted by Gasteiger charge is -2.37. The average Bonchev–Trinajstić information content (AvgIpc) is 2.77. The van der Waals surface area contributed by atoms with E-state index in [2.05, 4.69) is 57.1 Å². The Morgan fingerprint density at radius 1 is 0.966 bits per heavy atom. The lowest BCUT2D eigenvalue weighted by atomic mass is 9.95. The van der Waals surface area contributed by atoms with Crippen molar-refractivity contribution in [1.82, 2.24) is 15.3 Å². The minimum absolute atomic E-state index is 0.0526. The maximum atomic E-state index is 12.4. The van der Waals surface area contributed by atoms with E-state index >= 15 is 0 Å². The van der Waals surface area contributed by atoms with Gasteiger partial charge in [0.05, 0.1) is 5.56 Å². The Kier molecular flexibility index (Phi) is 5.97. The molecule has 1 aromatic heterocycles. The van der Waals surface area contributed by atoms with Crippen LogP contribution in [-0.4, -0.2) is 48.1 Å². The highest BCUT2D eigenvalue weighted by molar-refractivity contribution is 5.93. The number of nitrogens with zero attached hydrogens (tertiary/aromatic N) is 4. The standard InChI is InChI=1S/C23H31N5O/c1-17-7-6-10-21(18(17)2)27-11-13-28(14-12-27)23-24-15-19(16-25-23)22(29)26-20-8-4-3-5-9-20/h6-7,10,15-16,20H,3-5,8-9,11-14H2,1-2H3,(H,26,29). The topological polar surface area (TPSA) is 61.4 Å². The Morgan fingerprint density at radius 2 is 1.62 bits per heavy atom. The van der Waals surface area contributed by atoms with E-state index in [-0.39, 0.29) is 5.91 Å². The minimum Gasteiger partial charge on any atom is -0.368 e. The van der Waals surface area contributed by atoms with Crippen molar-refractivity contribution in [3.63, 3.8) is 0 Å². The van der Waals surface area contributed by atoms with E-state index in [0.717, 1.165) is 39.0 Å². The summed E-state index contributed by atoms with van der Waals surface area (Å²) in [6.07, 6.45) is 9.17. The number of aromatic nitrogens is 2. The zero-order chi connectivity index (χ0) is 20.2. The molecule has 2 aromatic rings. The van der Waals surface area contributed by atoms with Crippen molar-refractivity contribution in [3.05, 3.63) is 47.3 Å². The molecule has 1 saturated carbocycles. The molecular weight excluding hydrogens is 362 g/mol. The van der Waals surface area contributed by atoms with E-state index in [1.165, 1.54) is 36.1 Å². The highest BCUT2D eigenvalue weighted by Crippen LogP contribution is 2.24. The zero-order valence-corrected chi connectivity index (χ0v) is 17.5. The number of amides is 1. The largest absolute Gasteiger partial charge is 0.368 e. The first-order valence-corrected chi connectivity index (χ1v) is 10.8. The Hall–Kier alpha value is -2.63. The summed E-state index contributed by atoms with van der Waals surface area (Å²) in [5, 5.41) is 3.13. The predicted molar refractivity (Wildman–Crippen MR) is 117 cm³/mol. The number of carbonyl (C=O) groups excluding carboxylic acids is 1. The van der Waals surface area contributed by atoms with E-state index < -0.39 is 0 Å². The van der Waals surface area contributed by atoms with Crippen LogP contribution in [0.5, 0.6) is 0 Å². The summed E-state index contributed by atoms with van der Waals surface area (Å²) < 4.78 is 0. The molecule has 6 heteroatoms. The van der Waals surface area contributed by atoms with Crippen molar-refractivity contribution in [1.29, 1.82) is 0 Å². The molecule has 0 unspecified atom stereocenters. The van der Waals surface area contributed by atoms with Crippen LogP contribution in [0.1, 0.15) is 53.6 Å². The van der Waals surface area contributed by atoms with Crippen molar-refractivity contribution in [2.45, 2.75) is 52.0 Å². The lowest BCUT2D eigenvalue weighted by Crippen LogP contribution is -2.47. The minimum atomic E-state index is -0.0526. The van der Waals surface area contributed by atoms with Gasteiger partial charge >= 0.3 is 0 Å². The second kappa shape index (κ2) is 8.80. The normalized spacial score (nSPS) is 18.0. The Morgan fingerprint density at radius 3 is 2.31 bits per heavy atom. The van der Waals surface area contributed by atoms with Crippen LogP contribution in [0.25, 0.3) is 0 Å². The highest BCUT2D eigenvalue weighted by Gasteiger charge is 2.21. The van der Waals surface area contributed by atoms with Crippen molar-refractivity contribution in [3.8, 4) is 0 Å². The maximum Gasteiger partial charge on any atom is 0.254 e. The van der Waals surface area contributed by atoms with Crippen molar-refractivity contribution >= 4 is 17.5 Å². The number of benzene rings is 1. The van der Waals surface area contributed by atoms with Gasteiger partial charge in [-0.1, -0.05) is 31.4 Å². The quantitative estimate of drug-likeness (QED) is 0.862. The molecule has 1 N–H and O–H groups in total. The van der Waals surface area contributed by atoms with E-state index in [9.17, 15) is 4.79 Å². The van der Waals surface area contributed by atoms with Gasteiger partial charge in [-0.25, -0.2) is 9.97 Å². The van der Waals surface area contributed by atoms with Crippen LogP contribution in [0.2, 0.25) is 0 Å². The molecule has 2 heterocycles. The van der Waals surface area contributed by atoms with Gasteiger partial charge in [0, 0.05) is 50.3 Å².